The molecule has 3 fully saturated rings. The highest BCUT2D eigenvalue weighted by atomic mass is 15.3. The maximum Gasteiger partial charge on any atom is 0.266 e. The highest BCUT2D eigenvalue weighted by Gasteiger charge is 2.61. The van der Waals surface area contributed by atoms with Crippen molar-refractivity contribution >= 4 is 0 Å². The lowest BCUT2D eigenvalue weighted by atomic mass is 9.64. The number of benzene rings is 2. The lowest BCUT2D eigenvalue weighted by Crippen LogP contribution is -2.65. The van der Waals surface area contributed by atoms with E-state index in [-0.39, 0.29) is 5.54 Å². The Morgan fingerprint density at radius 2 is 1.28 bits per heavy atom. The van der Waals surface area contributed by atoms with Crippen LogP contribution in [0, 0.1) is 25.7 Å². The van der Waals surface area contributed by atoms with Gasteiger partial charge in [-0.3, -0.25) is 0 Å². The van der Waals surface area contributed by atoms with Gasteiger partial charge in [0.1, 0.15) is 11.2 Å². The fraction of sp³-hybridized carbons (Fsp3) is 0.559. The molecule has 3 aliphatic carbocycles. The van der Waals surface area contributed by atoms with Gasteiger partial charge in [-0.05, 0) is 57.1 Å². The van der Waals surface area contributed by atoms with Gasteiger partial charge < -0.3 is 0 Å². The molecule has 1 aliphatic heterocycles. The normalized spacial score (nSPS) is 24.9. The third-order valence-electron chi connectivity index (χ3n) is 10.6. The van der Waals surface area contributed by atoms with Crippen LogP contribution in [0.25, 0.3) is 16.9 Å². The van der Waals surface area contributed by atoms with E-state index in [1.54, 1.807) is 22.6 Å². The molecule has 4 aliphatic rings. The highest BCUT2D eigenvalue weighted by molar-refractivity contribution is 5.69. The second-order valence-corrected chi connectivity index (χ2v) is 12.4. The first-order chi connectivity index (χ1) is 17.7. The lowest BCUT2D eigenvalue weighted by Gasteiger charge is -2.43. The molecule has 0 amide bonds. The van der Waals surface area contributed by atoms with Gasteiger partial charge in [-0.25, -0.2) is 4.57 Å². The Hall–Kier alpha value is -2.35. The molecule has 1 aromatic heterocycles. The van der Waals surface area contributed by atoms with E-state index in [0.29, 0.717) is 5.92 Å². The van der Waals surface area contributed by atoms with Crippen molar-refractivity contribution in [2.45, 2.75) is 109 Å². The van der Waals surface area contributed by atoms with Crippen LogP contribution in [-0.4, -0.2) is 4.57 Å². The van der Waals surface area contributed by atoms with Crippen LogP contribution in [-0.2, 0) is 5.54 Å². The number of rotatable bonds is 4. The maximum absolute atomic E-state index is 3.04. The summed E-state index contributed by atoms with van der Waals surface area (Å²) in [6.45, 7) is 4.74. The number of hydrogen-bond acceptors (Lipinski definition) is 0. The fourth-order valence-electron chi connectivity index (χ4n) is 9.22. The highest BCUT2D eigenvalue weighted by Crippen LogP contribution is 2.56. The van der Waals surface area contributed by atoms with Crippen LogP contribution in [0.3, 0.4) is 0 Å². The van der Waals surface area contributed by atoms with Crippen LogP contribution in [0.2, 0.25) is 0 Å². The lowest BCUT2D eigenvalue weighted by molar-refractivity contribution is -0.763. The van der Waals surface area contributed by atoms with Crippen LogP contribution in [0.5, 0.6) is 0 Å². The van der Waals surface area contributed by atoms with Crippen LogP contribution < -0.4 is 4.57 Å². The Morgan fingerprint density at radius 3 is 1.97 bits per heavy atom. The Balaban J connectivity index is 1.60. The van der Waals surface area contributed by atoms with Gasteiger partial charge in [0, 0.05) is 29.9 Å². The number of fused-ring (bicyclic) bond motifs is 3. The molecule has 7 rings (SSSR count). The van der Waals surface area contributed by atoms with Gasteiger partial charge in [-0.15, -0.1) is 0 Å². The zero-order chi connectivity index (χ0) is 24.3. The summed E-state index contributed by atoms with van der Waals surface area (Å²) in [6, 6.07) is 18.8. The number of aromatic nitrogens is 2. The minimum Gasteiger partial charge on any atom is -0.216 e. The second kappa shape index (κ2) is 8.89. The summed E-state index contributed by atoms with van der Waals surface area (Å²) in [5.41, 5.74) is 9.17. The molecule has 2 heteroatoms. The SMILES string of the molecule is Cc1ccccc1-n1c(C)c2[n+](c1C1CCCC1)C(C1CCCCC1)(C1CCCC1)c1ccccc1-2. The van der Waals surface area contributed by atoms with Crippen LogP contribution in [0.4, 0.5) is 0 Å². The van der Waals surface area contributed by atoms with E-state index in [1.165, 1.54) is 100 Å². The summed E-state index contributed by atoms with van der Waals surface area (Å²) in [4.78, 5) is 0. The molecule has 188 valence electrons. The summed E-state index contributed by atoms with van der Waals surface area (Å²) in [7, 11) is 0. The van der Waals surface area contributed by atoms with E-state index in [4.69, 9.17) is 0 Å². The molecule has 2 nitrogen and oxygen atoms in total. The molecule has 0 radical (unpaired) electrons. The van der Waals surface area contributed by atoms with Gasteiger partial charge >= 0.3 is 0 Å². The van der Waals surface area contributed by atoms with Crippen LogP contribution in [0.15, 0.2) is 48.5 Å². The van der Waals surface area contributed by atoms with E-state index in [9.17, 15) is 0 Å². The molecular weight excluding hydrogens is 436 g/mol. The van der Waals surface area contributed by atoms with Crippen molar-refractivity contribution in [3.05, 3.63) is 71.2 Å². The molecule has 1 atom stereocenters. The summed E-state index contributed by atoms with van der Waals surface area (Å²) in [5, 5.41) is 0. The van der Waals surface area contributed by atoms with Crippen molar-refractivity contribution in [2.24, 2.45) is 11.8 Å². The third kappa shape index (κ3) is 3.12. The van der Waals surface area contributed by atoms with Crippen molar-refractivity contribution in [1.82, 2.24) is 4.57 Å². The predicted octanol–water partition coefficient (Wildman–Crippen LogP) is 8.53. The fourth-order valence-corrected chi connectivity index (χ4v) is 9.22. The number of hydrogen-bond donors (Lipinski definition) is 0. The average Bonchev–Trinajstić information content (AvgIpc) is 3.71. The smallest absolute Gasteiger partial charge is 0.216 e. The monoisotopic (exact) mass is 479 g/mol. The summed E-state index contributed by atoms with van der Waals surface area (Å²) >= 11 is 0. The van der Waals surface area contributed by atoms with E-state index >= 15 is 0 Å². The summed E-state index contributed by atoms with van der Waals surface area (Å²) in [5.74, 6) is 3.83. The van der Waals surface area contributed by atoms with Gasteiger partial charge in [0.15, 0.2) is 11.4 Å². The van der Waals surface area contributed by atoms with Gasteiger partial charge in [0.25, 0.3) is 5.82 Å². The van der Waals surface area contributed by atoms with Crippen molar-refractivity contribution in [1.29, 1.82) is 0 Å². The molecular formula is C34H43N2+. The molecule has 0 saturated heterocycles. The molecule has 0 N–H and O–H groups in total. The molecule has 2 aromatic carbocycles. The van der Waals surface area contributed by atoms with Crippen molar-refractivity contribution in [3.8, 4) is 16.9 Å². The minimum atomic E-state index is 0.138. The Morgan fingerprint density at radius 1 is 0.694 bits per heavy atom. The molecule has 0 spiro atoms. The quantitative estimate of drug-likeness (QED) is 0.332. The van der Waals surface area contributed by atoms with Gasteiger partial charge in [0.05, 0.1) is 5.92 Å². The molecule has 36 heavy (non-hydrogen) atoms. The first-order valence-corrected chi connectivity index (χ1v) is 15.1. The largest absolute Gasteiger partial charge is 0.266 e. The topological polar surface area (TPSA) is 8.81 Å². The summed E-state index contributed by atoms with van der Waals surface area (Å²) in [6.07, 6.45) is 18.1. The molecule has 1 unspecified atom stereocenters. The number of aryl methyl sites for hydroxylation is 1. The standard InChI is InChI=1S/C34H43N2/c1-24-14-6-13-23-31(24)35-25(2)32-29-21-11-12-22-30(29)34(28-19-9-10-20-28,27-17-4-3-5-18-27)36(32)33(35)26-15-7-8-16-26/h6,11-14,21-23,26-28H,3-5,7-10,15-20H2,1-2H3/q+1. The van der Waals surface area contributed by atoms with Crippen LogP contribution >= 0.6 is 0 Å². The van der Waals surface area contributed by atoms with E-state index in [2.05, 4.69) is 71.5 Å². The first kappa shape index (κ1) is 22.8. The molecule has 0 bridgehead atoms. The average molecular weight is 480 g/mol. The zero-order valence-corrected chi connectivity index (χ0v) is 22.4. The van der Waals surface area contributed by atoms with Crippen LogP contribution in [0.1, 0.15) is 112 Å². The van der Waals surface area contributed by atoms with Crippen molar-refractivity contribution < 1.29 is 4.57 Å². The van der Waals surface area contributed by atoms with E-state index in [1.807, 2.05) is 0 Å². The maximum atomic E-state index is 3.04. The number of imidazole rings is 1. The van der Waals surface area contributed by atoms with Gasteiger partial charge in [0.2, 0.25) is 0 Å². The Bertz CT molecular complexity index is 1260. The zero-order valence-electron chi connectivity index (χ0n) is 22.4. The van der Waals surface area contributed by atoms with Gasteiger partial charge in [-0.1, -0.05) is 87.4 Å². The number of nitrogens with zero attached hydrogens (tertiary/aromatic N) is 2. The molecule has 3 saturated carbocycles. The summed E-state index contributed by atoms with van der Waals surface area (Å²) < 4.78 is 5.78. The minimum absolute atomic E-state index is 0.138. The Kier molecular flexibility index (Phi) is 5.64. The van der Waals surface area contributed by atoms with Crippen molar-refractivity contribution in [2.75, 3.05) is 0 Å². The predicted molar refractivity (Wildman–Crippen MR) is 148 cm³/mol. The van der Waals surface area contributed by atoms with E-state index < -0.39 is 0 Å². The molecule has 3 aromatic rings. The van der Waals surface area contributed by atoms with E-state index in [0.717, 1.165) is 11.8 Å². The first-order valence-electron chi connectivity index (χ1n) is 15.1. The Labute approximate surface area is 217 Å². The van der Waals surface area contributed by atoms with Crippen molar-refractivity contribution in [3.63, 3.8) is 0 Å². The second-order valence-electron chi connectivity index (χ2n) is 12.4. The third-order valence-corrected chi connectivity index (χ3v) is 10.6. The molecule has 2 heterocycles. The number of para-hydroxylation sites is 1. The van der Waals surface area contributed by atoms with Gasteiger partial charge in [-0.2, -0.15) is 4.57 Å².